The van der Waals surface area contributed by atoms with Crippen molar-refractivity contribution in [2.24, 2.45) is 0 Å². The quantitative estimate of drug-likeness (QED) is 0.871. The molecular formula is C16H24ClN3O2. The number of rotatable bonds is 5. The molecule has 122 valence electrons. The van der Waals surface area contributed by atoms with Gasteiger partial charge in [0, 0.05) is 30.9 Å². The Morgan fingerprint density at radius 1 is 1.32 bits per heavy atom. The average Bonchev–Trinajstić information content (AvgIpc) is 2.51. The highest BCUT2D eigenvalue weighted by Crippen LogP contribution is 2.26. The molecule has 5 nitrogen and oxygen atoms in total. The van der Waals surface area contributed by atoms with Crippen molar-refractivity contribution in [3.05, 3.63) is 29.3 Å². The first kappa shape index (κ1) is 18.3. The summed E-state index contributed by atoms with van der Waals surface area (Å²) in [5.74, 6) is -0.181. The summed E-state index contributed by atoms with van der Waals surface area (Å²) in [7, 11) is 0. The van der Waals surface area contributed by atoms with Gasteiger partial charge in [0.05, 0.1) is 6.54 Å². The third-order valence-electron chi connectivity index (χ3n) is 3.70. The number of anilines is 1. The third-order valence-corrected chi connectivity index (χ3v) is 3.70. The first-order chi connectivity index (χ1) is 10.2. The summed E-state index contributed by atoms with van der Waals surface area (Å²) in [6, 6.07) is 5.75. The van der Waals surface area contributed by atoms with E-state index in [-0.39, 0.29) is 30.8 Å². The van der Waals surface area contributed by atoms with E-state index in [4.69, 9.17) is 0 Å². The molecule has 0 fully saturated rings. The number of hydrogen-bond acceptors (Lipinski definition) is 3. The van der Waals surface area contributed by atoms with Crippen molar-refractivity contribution in [2.45, 2.75) is 26.7 Å². The van der Waals surface area contributed by atoms with Gasteiger partial charge in [-0.05, 0) is 44.4 Å². The molecular weight excluding hydrogens is 302 g/mol. The van der Waals surface area contributed by atoms with Crippen LogP contribution in [-0.4, -0.2) is 42.9 Å². The largest absolute Gasteiger partial charge is 0.385 e. The van der Waals surface area contributed by atoms with E-state index in [1.165, 1.54) is 0 Å². The van der Waals surface area contributed by atoms with Crippen molar-refractivity contribution >= 4 is 29.9 Å². The molecule has 0 saturated carbocycles. The van der Waals surface area contributed by atoms with Crippen LogP contribution in [0.25, 0.3) is 0 Å². The Labute approximate surface area is 137 Å². The minimum atomic E-state index is -0.115. The highest BCUT2D eigenvalue weighted by Gasteiger charge is 2.22. The predicted octanol–water partition coefficient (Wildman–Crippen LogP) is 2.06. The van der Waals surface area contributed by atoms with Crippen LogP contribution >= 0.6 is 12.4 Å². The maximum absolute atomic E-state index is 12.7. The summed E-state index contributed by atoms with van der Waals surface area (Å²) in [6.45, 7) is 5.92. The lowest BCUT2D eigenvalue weighted by Gasteiger charge is -2.25. The van der Waals surface area contributed by atoms with E-state index in [9.17, 15) is 9.59 Å². The summed E-state index contributed by atoms with van der Waals surface area (Å²) in [5.41, 5.74) is 2.83. The number of likely N-dealkylation sites (N-methyl/N-ethyl adjacent to an activating group) is 2. The van der Waals surface area contributed by atoms with E-state index in [1.54, 1.807) is 4.90 Å². The first-order valence-electron chi connectivity index (χ1n) is 7.59. The summed E-state index contributed by atoms with van der Waals surface area (Å²) in [5, 5.41) is 6.06. The first-order valence-corrected chi connectivity index (χ1v) is 7.59. The van der Waals surface area contributed by atoms with E-state index >= 15 is 0 Å². The van der Waals surface area contributed by atoms with Gasteiger partial charge in [0.1, 0.15) is 0 Å². The number of carbonyl (C=O) groups is 2. The zero-order valence-corrected chi connectivity index (χ0v) is 14.0. The number of nitrogens with zero attached hydrogens (tertiary/aromatic N) is 1. The fourth-order valence-electron chi connectivity index (χ4n) is 2.63. The number of benzene rings is 1. The van der Waals surface area contributed by atoms with Gasteiger partial charge in [0.2, 0.25) is 5.91 Å². The van der Waals surface area contributed by atoms with E-state index in [2.05, 4.69) is 10.6 Å². The Morgan fingerprint density at radius 3 is 2.77 bits per heavy atom. The molecule has 0 bridgehead atoms. The van der Waals surface area contributed by atoms with Crippen molar-refractivity contribution in [3.63, 3.8) is 0 Å². The van der Waals surface area contributed by atoms with Gasteiger partial charge >= 0.3 is 0 Å². The van der Waals surface area contributed by atoms with E-state index in [0.717, 1.165) is 30.6 Å². The molecule has 0 saturated heterocycles. The van der Waals surface area contributed by atoms with Crippen LogP contribution in [0, 0.1) is 0 Å². The normalized spacial score (nSPS) is 12.5. The lowest BCUT2D eigenvalue weighted by atomic mass is 9.97. The van der Waals surface area contributed by atoms with E-state index in [0.29, 0.717) is 18.7 Å². The van der Waals surface area contributed by atoms with Gasteiger partial charge in [-0.25, -0.2) is 0 Å². The molecule has 1 heterocycles. The number of fused-ring (bicyclic) bond motifs is 1. The maximum Gasteiger partial charge on any atom is 0.254 e. The van der Waals surface area contributed by atoms with Crippen LogP contribution in [0.3, 0.4) is 0 Å². The lowest BCUT2D eigenvalue weighted by Crippen LogP contribution is -2.41. The van der Waals surface area contributed by atoms with Gasteiger partial charge in [0.25, 0.3) is 5.91 Å². The Bertz CT molecular complexity index is 534. The van der Waals surface area contributed by atoms with E-state index in [1.807, 2.05) is 32.0 Å². The fourth-order valence-corrected chi connectivity index (χ4v) is 2.63. The molecule has 22 heavy (non-hydrogen) atoms. The van der Waals surface area contributed by atoms with Crippen LogP contribution in [0.1, 0.15) is 36.2 Å². The van der Waals surface area contributed by atoms with Crippen molar-refractivity contribution in [3.8, 4) is 0 Å². The zero-order chi connectivity index (χ0) is 15.2. The topological polar surface area (TPSA) is 61.4 Å². The third kappa shape index (κ3) is 4.13. The molecule has 0 spiro atoms. The molecule has 2 N–H and O–H groups in total. The molecule has 2 rings (SSSR count). The molecule has 1 aromatic rings. The SMILES string of the molecule is CCNC(=O)CN(CC)C(=O)c1cccc2c1CCCN2.Cl. The fraction of sp³-hybridized carbons (Fsp3) is 0.500. The zero-order valence-electron chi connectivity index (χ0n) is 13.1. The number of halogens is 1. The van der Waals surface area contributed by atoms with Gasteiger partial charge in [-0.3, -0.25) is 9.59 Å². The summed E-state index contributed by atoms with van der Waals surface area (Å²) in [4.78, 5) is 26.0. The molecule has 6 heteroatoms. The molecule has 1 aliphatic rings. The Kier molecular flexibility index (Phi) is 7.18. The van der Waals surface area contributed by atoms with Gasteiger partial charge in [-0.15, -0.1) is 12.4 Å². The van der Waals surface area contributed by atoms with Crippen molar-refractivity contribution < 1.29 is 9.59 Å². The van der Waals surface area contributed by atoms with Crippen molar-refractivity contribution in [1.82, 2.24) is 10.2 Å². The molecule has 1 aromatic carbocycles. The Balaban J connectivity index is 0.00000242. The number of amides is 2. The van der Waals surface area contributed by atoms with Crippen LogP contribution in [0.5, 0.6) is 0 Å². The Hall–Kier alpha value is -1.75. The summed E-state index contributed by atoms with van der Waals surface area (Å²) in [6.07, 6.45) is 1.93. The van der Waals surface area contributed by atoms with Gasteiger partial charge < -0.3 is 15.5 Å². The smallest absolute Gasteiger partial charge is 0.254 e. The maximum atomic E-state index is 12.7. The van der Waals surface area contributed by atoms with Crippen LogP contribution < -0.4 is 10.6 Å². The molecule has 0 radical (unpaired) electrons. The number of hydrogen-bond donors (Lipinski definition) is 2. The van der Waals surface area contributed by atoms with Crippen LogP contribution in [-0.2, 0) is 11.2 Å². The molecule has 1 aliphatic heterocycles. The van der Waals surface area contributed by atoms with Gasteiger partial charge in [-0.1, -0.05) is 6.07 Å². The second-order valence-electron chi connectivity index (χ2n) is 5.13. The minimum Gasteiger partial charge on any atom is -0.385 e. The molecule has 0 unspecified atom stereocenters. The van der Waals surface area contributed by atoms with Crippen molar-refractivity contribution in [1.29, 1.82) is 0 Å². The second-order valence-corrected chi connectivity index (χ2v) is 5.13. The molecule has 0 aliphatic carbocycles. The van der Waals surface area contributed by atoms with Gasteiger partial charge in [0.15, 0.2) is 0 Å². The summed E-state index contributed by atoms with van der Waals surface area (Å²) < 4.78 is 0. The average molecular weight is 326 g/mol. The highest BCUT2D eigenvalue weighted by molar-refractivity contribution is 5.99. The van der Waals surface area contributed by atoms with E-state index < -0.39 is 0 Å². The van der Waals surface area contributed by atoms with Crippen LogP contribution in [0.15, 0.2) is 18.2 Å². The van der Waals surface area contributed by atoms with Gasteiger partial charge in [-0.2, -0.15) is 0 Å². The highest BCUT2D eigenvalue weighted by atomic mass is 35.5. The second kappa shape index (κ2) is 8.63. The lowest BCUT2D eigenvalue weighted by molar-refractivity contribution is -0.121. The minimum absolute atomic E-state index is 0. The predicted molar refractivity (Wildman–Crippen MR) is 90.8 cm³/mol. The standard InChI is InChI=1S/C16H23N3O2.ClH/c1-3-17-15(20)11-19(4-2)16(21)13-7-5-9-14-12(13)8-6-10-18-14;/h5,7,9,18H,3-4,6,8,10-11H2,1-2H3,(H,17,20);1H. The molecule has 2 amide bonds. The van der Waals surface area contributed by atoms with Crippen LogP contribution in [0.2, 0.25) is 0 Å². The Morgan fingerprint density at radius 2 is 2.09 bits per heavy atom. The number of carbonyl (C=O) groups excluding carboxylic acids is 2. The monoisotopic (exact) mass is 325 g/mol. The number of nitrogens with one attached hydrogen (secondary N) is 2. The molecule has 0 atom stereocenters. The van der Waals surface area contributed by atoms with Crippen molar-refractivity contribution in [2.75, 3.05) is 31.5 Å². The van der Waals surface area contributed by atoms with Crippen LogP contribution in [0.4, 0.5) is 5.69 Å². The molecule has 0 aromatic heterocycles. The summed E-state index contributed by atoms with van der Waals surface area (Å²) >= 11 is 0.